The van der Waals surface area contributed by atoms with Gasteiger partial charge in [-0.15, -0.1) is 0 Å². The first-order valence-corrected chi connectivity index (χ1v) is 9.29. The maximum atomic E-state index is 11.7. The SMILES string of the molecule is CC[S@@](=O)CCc1nc(C(C)C)nn1-c1ccc(C)cc1C. The van der Waals surface area contributed by atoms with E-state index >= 15 is 0 Å². The molecule has 4 nitrogen and oxygen atoms in total. The predicted octanol–water partition coefficient (Wildman–Crippen LogP) is 3.32. The molecule has 0 aliphatic carbocycles. The molecule has 0 spiro atoms. The summed E-state index contributed by atoms with van der Waals surface area (Å²) in [6.07, 6.45) is 0.688. The number of nitrogens with zero attached hydrogens (tertiary/aromatic N) is 3. The van der Waals surface area contributed by atoms with Crippen molar-refractivity contribution in [2.24, 2.45) is 0 Å². The molecule has 0 saturated heterocycles. The monoisotopic (exact) mass is 319 g/mol. The number of aryl methyl sites for hydroxylation is 3. The maximum absolute atomic E-state index is 11.7. The molecule has 0 radical (unpaired) electrons. The summed E-state index contributed by atoms with van der Waals surface area (Å²) in [6.45, 7) is 10.3. The van der Waals surface area contributed by atoms with Gasteiger partial charge >= 0.3 is 0 Å². The fraction of sp³-hybridized carbons (Fsp3) is 0.529. The van der Waals surface area contributed by atoms with Gasteiger partial charge in [0.15, 0.2) is 5.82 Å². The van der Waals surface area contributed by atoms with Crippen molar-refractivity contribution in [3.8, 4) is 5.69 Å². The summed E-state index contributed by atoms with van der Waals surface area (Å²) in [6, 6.07) is 6.33. The molecule has 0 saturated carbocycles. The van der Waals surface area contributed by atoms with Crippen LogP contribution >= 0.6 is 0 Å². The number of hydrogen-bond donors (Lipinski definition) is 0. The zero-order valence-electron chi connectivity index (χ0n) is 14.1. The minimum Gasteiger partial charge on any atom is -0.260 e. The lowest BCUT2D eigenvalue weighted by Gasteiger charge is -2.09. The summed E-state index contributed by atoms with van der Waals surface area (Å²) in [5, 5.41) is 4.68. The highest BCUT2D eigenvalue weighted by molar-refractivity contribution is 7.84. The van der Waals surface area contributed by atoms with Gasteiger partial charge in [-0.05, 0) is 25.5 Å². The van der Waals surface area contributed by atoms with Crippen LogP contribution in [0.15, 0.2) is 18.2 Å². The van der Waals surface area contributed by atoms with Crippen LogP contribution in [0.4, 0.5) is 0 Å². The van der Waals surface area contributed by atoms with E-state index in [-0.39, 0.29) is 5.92 Å². The summed E-state index contributed by atoms with van der Waals surface area (Å²) in [7, 11) is -0.784. The second-order valence-corrected chi connectivity index (χ2v) is 7.79. The smallest absolute Gasteiger partial charge is 0.153 e. The lowest BCUT2D eigenvalue weighted by atomic mass is 10.1. The second-order valence-electron chi connectivity index (χ2n) is 5.93. The first-order valence-electron chi connectivity index (χ1n) is 7.80. The summed E-state index contributed by atoms with van der Waals surface area (Å²) in [5.41, 5.74) is 3.47. The van der Waals surface area contributed by atoms with Crippen molar-refractivity contribution in [3.05, 3.63) is 41.0 Å². The lowest BCUT2D eigenvalue weighted by Crippen LogP contribution is -2.10. The summed E-state index contributed by atoms with van der Waals surface area (Å²) in [5.74, 6) is 3.35. The molecule has 1 heterocycles. The van der Waals surface area contributed by atoms with Gasteiger partial charge in [-0.25, -0.2) is 9.67 Å². The van der Waals surface area contributed by atoms with E-state index in [0.717, 1.165) is 17.3 Å². The van der Waals surface area contributed by atoms with E-state index in [1.54, 1.807) is 0 Å². The van der Waals surface area contributed by atoms with Crippen molar-refractivity contribution in [2.45, 2.75) is 47.0 Å². The Bertz CT molecular complexity index is 677. The first-order chi connectivity index (χ1) is 10.4. The van der Waals surface area contributed by atoms with Gasteiger partial charge in [-0.3, -0.25) is 4.21 Å². The molecule has 0 unspecified atom stereocenters. The average molecular weight is 319 g/mol. The molecule has 0 aliphatic rings. The molecule has 0 N–H and O–H groups in total. The van der Waals surface area contributed by atoms with Crippen LogP contribution in [0.1, 0.15) is 49.5 Å². The van der Waals surface area contributed by atoms with Crippen LogP contribution in [0, 0.1) is 13.8 Å². The quantitative estimate of drug-likeness (QED) is 0.820. The van der Waals surface area contributed by atoms with E-state index in [4.69, 9.17) is 0 Å². The Balaban J connectivity index is 2.41. The number of aromatic nitrogens is 3. The third-order valence-corrected chi connectivity index (χ3v) is 4.97. The normalized spacial score (nSPS) is 12.8. The minimum absolute atomic E-state index is 0.280. The standard InChI is InChI=1S/C17H25N3OS/c1-6-22(21)10-9-16-18-17(12(2)3)19-20(16)15-8-7-13(4)11-14(15)5/h7-8,11-12H,6,9-10H2,1-5H3/t22-/m1/s1. The van der Waals surface area contributed by atoms with Gasteiger partial charge in [0.1, 0.15) is 5.82 Å². The van der Waals surface area contributed by atoms with Gasteiger partial charge in [0.2, 0.25) is 0 Å². The van der Waals surface area contributed by atoms with Crippen LogP contribution in [0.25, 0.3) is 5.69 Å². The van der Waals surface area contributed by atoms with Gasteiger partial charge < -0.3 is 0 Å². The van der Waals surface area contributed by atoms with E-state index < -0.39 is 10.8 Å². The summed E-state index contributed by atoms with van der Waals surface area (Å²) >= 11 is 0. The number of benzene rings is 1. The third kappa shape index (κ3) is 3.83. The zero-order chi connectivity index (χ0) is 16.3. The third-order valence-electron chi connectivity index (χ3n) is 3.66. The molecule has 0 fully saturated rings. The number of rotatable bonds is 6. The van der Waals surface area contributed by atoms with Crippen molar-refractivity contribution < 1.29 is 4.21 Å². The molecule has 0 bridgehead atoms. The molecule has 5 heteroatoms. The van der Waals surface area contributed by atoms with Crippen molar-refractivity contribution in [1.29, 1.82) is 0 Å². The minimum atomic E-state index is -0.784. The highest BCUT2D eigenvalue weighted by Crippen LogP contribution is 2.19. The van der Waals surface area contributed by atoms with Crippen LogP contribution in [0.3, 0.4) is 0 Å². The van der Waals surface area contributed by atoms with Crippen LogP contribution < -0.4 is 0 Å². The Morgan fingerprint density at radius 1 is 1.27 bits per heavy atom. The van der Waals surface area contributed by atoms with Crippen LogP contribution in [-0.4, -0.2) is 30.5 Å². The molecule has 1 aromatic heterocycles. The van der Waals surface area contributed by atoms with Crippen LogP contribution in [0.2, 0.25) is 0 Å². The zero-order valence-corrected chi connectivity index (χ0v) is 14.9. The first kappa shape index (κ1) is 16.9. The van der Waals surface area contributed by atoms with E-state index in [1.165, 1.54) is 11.1 Å². The molecule has 2 aromatic rings. The van der Waals surface area contributed by atoms with Gasteiger partial charge in [0.25, 0.3) is 0 Å². The van der Waals surface area contributed by atoms with Gasteiger partial charge in [0.05, 0.1) is 5.69 Å². The molecule has 0 amide bonds. The van der Waals surface area contributed by atoms with E-state index in [9.17, 15) is 4.21 Å². The molecule has 1 atom stereocenters. The van der Waals surface area contributed by atoms with E-state index in [2.05, 4.69) is 56.0 Å². The highest BCUT2D eigenvalue weighted by atomic mass is 32.2. The van der Waals surface area contributed by atoms with Crippen molar-refractivity contribution in [1.82, 2.24) is 14.8 Å². The maximum Gasteiger partial charge on any atom is 0.153 e. The molecule has 1 aromatic carbocycles. The summed E-state index contributed by atoms with van der Waals surface area (Å²) in [4.78, 5) is 4.67. The fourth-order valence-electron chi connectivity index (χ4n) is 2.35. The fourth-order valence-corrected chi connectivity index (χ4v) is 3.05. The Morgan fingerprint density at radius 3 is 2.59 bits per heavy atom. The topological polar surface area (TPSA) is 47.8 Å². The van der Waals surface area contributed by atoms with Crippen LogP contribution in [-0.2, 0) is 17.2 Å². The molecule has 22 heavy (non-hydrogen) atoms. The largest absolute Gasteiger partial charge is 0.260 e. The van der Waals surface area contributed by atoms with Crippen molar-refractivity contribution in [3.63, 3.8) is 0 Å². The van der Waals surface area contributed by atoms with Gasteiger partial charge in [-0.1, -0.05) is 38.5 Å². The van der Waals surface area contributed by atoms with Gasteiger partial charge in [-0.2, -0.15) is 5.10 Å². The number of hydrogen-bond acceptors (Lipinski definition) is 3. The average Bonchev–Trinajstić information content (AvgIpc) is 2.89. The molecule has 0 aliphatic heterocycles. The van der Waals surface area contributed by atoms with Crippen molar-refractivity contribution in [2.75, 3.05) is 11.5 Å². The predicted molar refractivity (Wildman–Crippen MR) is 92.2 cm³/mol. The van der Waals surface area contributed by atoms with E-state index in [0.29, 0.717) is 17.9 Å². The molecular weight excluding hydrogens is 294 g/mol. The van der Waals surface area contributed by atoms with Crippen LogP contribution in [0.5, 0.6) is 0 Å². The Morgan fingerprint density at radius 2 is 2.00 bits per heavy atom. The molecule has 2 rings (SSSR count). The second kappa shape index (κ2) is 7.18. The Hall–Kier alpha value is -1.49. The highest BCUT2D eigenvalue weighted by Gasteiger charge is 2.15. The Kier molecular flexibility index (Phi) is 5.51. The van der Waals surface area contributed by atoms with E-state index in [1.807, 2.05) is 11.6 Å². The lowest BCUT2D eigenvalue weighted by molar-refractivity contribution is 0.681. The summed E-state index contributed by atoms with van der Waals surface area (Å²) < 4.78 is 13.7. The molecule has 120 valence electrons. The molecular formula is C17H25N3OS. The Labute approximate surface area is 135 Å². The van der Waals surface area contributed by atoms with Crippen molar-refractivity contribution >= 4 is 10.8 Å². The van der Waals surface area contributed by atoms with Gasteiger partial charge in [0, 0.05) is 34.6 Å².